The van der Waals surface area contributed by atoms with Crippen molar-refractivity contribution in [2.75, 3.05) is 24.6 Å². The minimum atomic E-state index is 0.156. The third-order valence-corrected chi connectivity index (χ3v) is 6.72. The van der Waals surface area contributed by atoms with Crippen LogP contribution in [-0.2, 0) is 13.0 Å². The highest BCUT2D eigenvalue weighted by Gasteiger charge is 2.50. The van der Waals surface area contributed by atoms with Gasteiger partial charge >= 0.3 is 0 Å². The van der Waals surface area contributed by atoms with Crippen LogP contribution < -0.4 is 5.73 Å². The molecule has 110 valence electrons. The van der Waals surface area contributed by atoms with Crippen LogP contribution in [0.1, 0.15) is 31.4 Å². The Balaban J connectivity index is 1.91. The molecule has 1 aromatic carbocycles. The van der Waals surface area contributed by atoms with Crippen molar-refractivity contribution in [3.05, 3.63) is 35.4 Å². The fourth-order valence-electron chi connectivity index (χ4n) is 3.84. The van der Waals surface area contributed by atoms with Gasteiger partial charge in [-0.3, -0.25) is 4.90 Å². The van der Waals surface area contributed by atoms with Crippen molar-refractivity contribution < 1.29 is 0 Å². The topological polar surface area (TPSA) is 29.3 Å². The fraction of sp³-hybridized carbons (Fsp3) is 0.647. The van der Waals surface area contributed by atoms with E-state index in [1.165, 1.54) is 35.5 Å². The lowest BCUT2D eigenvalue weighted by Gasteiger charge is -2.56. The molecule has 0 aliphatic carbocycles. The van der Waals surface area contributed by atoms with E-state index < -0.39 is 0 Å². The summed E-state index contributed by atoms with van der Waals surface area (Å²) < 4.78 is 0. The Hall–Kier alpha value is -0.510. The second-order valence-electron chi connectivity index (χ2n) is 6.86. The van der Waals surface area contributed by atoms with Gasteiger partial charge in [0.05, 0.1) is 0 Å². The standard InChI is InChI=1S/C17H26N2S/c1-16(2)8-10-20-13-17(16,12-18)19-9-7-14-5-3-4-6-15(14)11-19/h3-6H,7-13,18H2,1-2H3. The van der Waals surface area contributed by atoms with Gasteiger partial charge in [0.2, 0.25) is 0 Å². The van der Waals surface area contributed by atoms with E-state index >= 15 is 0 Å². The second-order valence-corrected chi connectivity index (χ2v) is 7.97. The van der Waals surface area contributed by atoms with E-state index in [1.807, 2.05) is 0 Å². The number of nitrogens with two attached hydrogens (primary N) is 1. The molecule has 0 amide bonds. The molecule has 0 radical (unpaired) electrons. The third-order valence-electron chi connectivity index (χ3n) is 5.55. The van der Waals surface area contributed by atoms with E-state index in [1.54, 1.807) is 0 Å². The quantitative estimate of drug-likeness (QED) is 0.908. The van der Waals surface area contributed by atoms with Crippen LogP contribution in [0.5, 0.6) is 0 Å². The molecule has 1 aromatic rings. The monoisotopic (exact) mass is 290 g/mol. The highest BCUT2D eigenvalue weighted by atomic mass is 32.2. The molecule has 1 atom stereocenters. The summed E-state index contributed by atoms with van der Waals surface area (Å²) in [7, 11) is 0. The average Bonchev–Trinajstić information content (AvgIpc) is 2.47. The molecule has 2 N–H and O–H groups in total. The molecular formula is C17H26N2S. The van der Waals surface area contributed by atoms with Gasteiger partial charge in [-0.2, -0.15) is 11.8 Å². The lowest BCUT2D eigenvalue weighted by atomic mass is 9.69. The fourth-order valence-corrected chi connectivity index (χ4v) is 5.67. The van der Waals surface area contributed by atoms with Gasteiger partial charge in [-0.25, -0.2) is 0 Å². The van der Waals surface area contributed by atoms with Crippen LogP contribution in [0.4, 0.5) is 0 Å². The Morgan fingerprint density at radius 3 is 2.70 bits per heavy atom. The van der Waals surface area contributed by atoms with Crippen molar-refractivity contribution >= 4 is 11.8 Å². The van der Waals surface area contributed by atoms with Crippen molar-refractivity contribution in [3.8, 4) is 0 Å². The van der Waals surface area contributed by atoms with Crippen LogP contribution in [0.25, 0.3) is 0 Å². The Morgan fingerprint density at radius 2 is 2.00 bits per heavy atom. The number of fused-ring (bicyclic) bond motifs is 1. The maximum Gasteiger partial charge on any atom is 0.0476 e. The van der Waals surface area contributed by atoms with E-state index in [-0.39, 0.29) is 5.54 Å². The van der Waals surface area contributed by atoms with Crippen LogP contribution in [-0.4, -0.2) is 35.0 Å². The van der Waals surface area contributed by atoms with Crippen LogP contribution >= 0.6 is 11.8 Å². The van der Waals surface area contributed by atoms with Crippen molar-refractivity contribution in [2.45, 2.75) is 38.8 Å². The normalized spacial score (nSPS) is 29.9. The van der Waals surface area contributed by atoms with E-state index in [0.717, 1.165) is 19.6 Å². The molecule has 0 saturated carbocycles. The van der Waals surface area contributed by atoms with Gasteiger partial charge < -0.3 is 5.73 Å². The molecular weight excluding hydrogens is 264 g/mol. The van der Waals surface area contributed by atoms with Crippen molar-refractivity contribution in [1.29, 1.82) is 0 Å². The summed E-state index contributed by atoms with van der Waals surface area (Å²) in [5.41, 5.74) is 9.79. The first-order valence-electron chi connectivity index (χ1n) is 7.69. The van der Waals surface area contributed by atoms with Gasteiger partial charge in [0.25, 0.3) is 0 Å². The molecule has 0 spiro atoms. The zero-order valence-corrected chi connectivity index (χ0v) is 13.5. The van der Waals surface area contributed by atoms with Crippen LogP contribution in [0.3, 0.4) is 0 Å². The van der Waals surface area contributed by atoms with E-state index in [9.17, 15) is 0 Å². The first-order chi connectivity index (χ1) is 9.59. The lowest BCUT2D eigenvalue weighted by Crippen LogP contribution is -2.66. The molecule has 2 nitrogen and oxygen atoms in total. The molecule has 2 aliphatic rings. The number of hydrogen-bond donors (Lipinski definition) is 1. The molecule has 1 unspecified atom stereocenters. The zero-order chi connectivity index (χ0) is 14.2. The lowest BCUT2D eigenvalue weighted by molar-refractivity contribution is -0.00829. The predicted octanol–water partition coefficient (Wildman–Crippen LogP) is 2.91. The van der Waals surface area contributed by atoms with E-state index in [0.29, 0.717) is 5.41 Å². The maximum atomic E-state index is 6.31. The van der Waals surface area contributed by atoms with E-state index in [4.69, 9.17) is 5.73 Å². The minimum Gasteiger partial charge on any atom is -0.329 e. The largest absolute Gasteiger partial charge is 0.329 e. The smallest absolute Gasteiger partial charge is 0.0476 e. The summed E-state index contributed by atoms with van der Waals surface area (Å²) in [4.78, 5) is 2.68. The minimum absolute atomic E-state index is 0.156. The van der Waals surface area contributed by atoms with Crippen molar-refractivity contribution in [1.82, 2.24) is 4.90 Å². The van der Waals surface area contributed by atoms with Crippen LogP contribution in [0.2, 0.25) is 0 Å². The first-order valence-corrected chi connectivity index (χ1v) is 8.84. The molecule has 3 rings (SSSR count). The highest BCUT2D eigenvalue weighted by molar-refractivity contribution is 7.99. The van der Waals surface area contributed by atoms with Gasteiger partial charge in [-0.1, -0.05) is 38.1 Å². The van der Waals surface area contributed by atoms with Gasteiger partial charge in [0, 0.05) is 30.9 Å². The van der Waals surface area contributed by atoms with Crippen LogP contribution in [0.15, 0.2) is 24.3 Å². The predicted molar refractivity (Wildman–Crippen MR) is 88.1 cm³/mol. The van der Waals surface area contributed by atoms with Gasteiger partial charge in [-0.15, -0.1) is 0 Å². The molecule has 2 aliphatic heterocycles. The Labute approximate surface area is 127 Å². The summed E-state index contributed by atoms with van der Waals surface area (Å²) in [6.07, 6.45) is 2.44. The number of thioether (sulfide) groups is 1. The highest BCUT2D eigenvalue weighted by Crippen LogP contribution is 2.46. The SMILES string of the molecule is CC1(C)CCSCC1(CN)N1CCc2ccccc2C1. The summed E-state index contributed by atoms with van der Waals surface area (Å²) in [6.45, 7) is 7.82. The molecule has 3 heteroatoms. The maximum absolute atomic E-state index is 6.31. The first kappa shape index (κ1) is 14.4. The average molecular weight is 290 g/mol. The number of hydrogen-bond acceptors (Lipinski definition) is 3. The molecule has 2 heterocycles. The van der Waals surface area contributed by atoms with Gasteiger partial charge in [0.1, 0.15) is 0 Å². The van der Waals surface area contributed by atoms with Gasteiger partial charge in [0.15, 0.2) is 0 Å². The number of rotatable bonds is 2. The molecule has 0 aromatic heterocycles. The summed E-state index contributed by atoms with van der Waals surface area (Å²) in [5, 5.41) is 0. The molecule has 20 heavy (non-hydrogen) atoms. The van der Waals surface area contributed by atoms with Gasteiger partial charge in [-0.05, 0) is 35.1 Å². The van der Waals surface area contributed by atoms with Crippen LogP contribution in [0, 0.1) is 5.41 Å². The molecule has 0 bridgehead atoms. The molecule has 1 saturated heterocycles. The Kier molecular flexibility index (Phi) is 3.87. The summed E-state index contributed by atoms with van der Waals surface area (Å²) in [6, 6.07) is 8.89. The number of benzene rings is 1. The molecule has 1 fully saturated rings. The summed E-state index contributed by atoms with van der Waals surface area (Å²) >= 11 is 2.08. The van der Waals surface area contributed by atoms with E-state index in [2.05, 4.69) is 54.8 Å². The Bertz CT molecular complexity index is 486. The number of nitrogens with zero attached hydrogens (tertiary/aromatic N) is 1. The van der Waals surface area contributed by atoms with Crippen molar-refractivity contribution in [2.24, 2.45) is 11.1 Å². The zero-order valence-electron chi connectivity index (χ0n) is 12.7. The third kappa shape index (κ3) is 2.20. The second kappa shape index (κ2) is 5.36. The van der Waals surface area contributed by atoms with Crippen molar-refractivity contribution in [3.63, 3.8) is 0 Å². The summed E-state index contributed by atoms with van der Waals surface area (Å²) in [5.74, 6) is 2.46. The Morgan fingerprint density at radius 1 is 1.25 bits per heavy atom.